The van der Waals surface area contributed by atoms with E-state index in [1.54, 1.807) is 0 Å². The molecule has 2 N–H and O–H groups in total. The zero-order chi connectivity index (χ0) is 18.6. The van der Waals surface area contributed by atoms with E-state index in [9.17, 15) is 4.79 Å². The molecule has 4 rings (SSSR count). The van der Waals surface area contributed by atoms with E-state index < -0.39 is 0 Å². The number of benzene rings is 1. The highest BCUT2D eigenvalue weighted by Gasteiger charge is 2.31. The molecular formula is C19H27ClN6O2. The zero-order valence-corrected chi connectivity index (χ0v) is 16.8. The first-order chi connectivity index (χ1) is 13.2. The van der Waals surface area contributed by atoms with Crippen LogP contribution in [0.1, 0.15) is 36.5 Å². The van der Waals surface area contributed by atoms with Gasteiger partial charge in [0.15, 0.2) is 5.82 Å². The van der Waals surface area contributed by atoms with Crippen LogP contribution in [0.4, 0.5) is 10.5 Å². The van der Waals surface area contributed by atoms with Crippen LogP contribution < -0.4 is 10.6 Å². The number of carbonyl (C=O) groups excluding carboxylic acids is 1. The van der Waals surface area contributed by atoms with Crippen LogP contribution in [0, 0.1) is 0 Å². The maximum Gasteiger partial charge on any atom is 0.321 e. The maximum absolute atomic E-state index is 12.6. The van der Waals surface area contributed by atoms with Gasteiger partial charge in [-0.05, 0) is 32.0 Å². The molecular weight excluding hydrogens is 380 g/mol. The van der Waals surface area contributed by atoms with Crippen molar-refractivity contribution in [2.75, 3.05) is 45.1 Å². The SMILES string of the molecule is CN1CCNCC1c1noc(C2CCCN(C(=O)Nc3ccccc3)C2)n1.Cl. The molecule has 2 fully saturated rings. The van der Waals surface area contributed by atoms with Gasteiger partial charge in [-0.2, -0.15) is 4.98 Å². The molecule has 8 nitrogen and oxygen atoms in total. The van der Waals surface area contributed by atoms with E-state index in [0.717, 1.165) is 50.5 Å². The third-order valence-corrected chi connectivity index (χ3v) is 5.35. The predicted molar refractivity (Wildman–Crippen MR) is 109 cm³/mol. The number of likely N-dealkylation sites (tertiary alicyclic amines) is 1. The van der Waals surface area contributed by atoms with E-state index in [-0.39, 0.29) is 30.4 Å². The van der Waals surface area contributed by atoms with Gasteiger partial charge in [0.05, 0.1) is 12.0 Å². The topological polar surface area (TPSA) is 86.5 Å². The first-order valence-electron chi connectivity index (χ1n) is 9.56. The second-order valence-corrected chi connectivity index (χ2v) is 7.27. The summed E-state index contributed by atoms with van der Waals surface area (Å²) in [6.45, 7) is 4.10. The van der Waals surface area contributed by atoms with E-state index >= 15 is 0 Å². The van der Waals surface area contributed by atoms with Gasteiger partial charge in [0.1, 0.15) is 0 Å². The average Bonchev–Trinajstić information content (AvgIpc) is 3.19. The third kappa shape index (κ3) is 4.63. The molecule has 152 valence electrons. The summed E-state index contributed by atoms with van der Waals surface area (Å²) < 4.78 is 5.58. The van der Waals surface area contributed by atoms with E-state index in [2.05, 4.69) is 32.7 Å². The second-order valence-electron chi connectivity index (χ2n) is 7.27. The Labute approximate surface area is 171 Å². The van der Waals surface area contributed by atoms with Crippen molar-refractivity contribution in [2.24, 2.45) is 0 Å². The minimum atomic E-state index is -0.0816. The number of carbonyl (C=O) groups is 1. The number of hydrogen-bond acceptors (Lipinski definition) is 6. The van der Waals surface area contributed by atoms with Gasteiger partial charge in [-0.3, -0.25) is 4.90 Å². The Hall–Kier alpha value is -2.16. The Morgan fingerprint density at radius 3 is 2.89 bits per heavy atom. The third-order valence-electron chi connectivity index (χ3n) is 5.35. The summed E-state index contributed by atoms with van der Waals surface area (Å²) >= 11 is 0. The predicted octanol–water partition coefficient (Wildman–Crippen LogP) is 2.48. The van der Waals surface area contributed by atoms with E-state index in [4.69, 9.17) is 4.52 Å². The number of amides is 2. The maximum atomic E-state index is 12.6. The van der Waals surface area contributed by atoms with Gasteiger partial charge in [-0.25, -0.2) is 4.79 Å². The number of nitrogens with one attached hydrogen (secondary N) is 2. The monoisotopic (exact) mass is 406 g/mol. The van der Waals surface area contributed by atoms with Gasteiger partial charge >= 0.3 is 6.03 Å². The first-order valence-corrected chi connectivity index (χ1v) is 9.56. The molecule has 2 aromatic rings. The number of rotatable bonds is 3. The molecule has 9 heteroatoms. The normalized spacial score (nSPS) is 23.1. The van der Waals surface area contributed by atoms with Crippen molar-refractivity contribution >= 4 is 24.1 Å². The largest absolute Gasteiger partial charge is 0.339 e. The van der Waals surface area contributed by atoms with Crippen molar-refractivity contribution in [2.45, 2.75) is 24.8 Å². The highest BCUT2D eigenvalue weighted by atomic mass is 35.5. The number of halogens is 1. The molecule has 2 aliphatic rings. The number of likely N-dealkylation sites (N-methyl/N-ethyl adjacent to an activating group) is 1. The number of urea groups is 1. The van der Waals surface area contributed by atoms with Crippen molar-refractivity contribution in [1.82, 2.24) is 25.3 Å². The van der Waals surface area contributed by atoms with Crippen LogP contribution >= 0.6 is 12.4 Å². The van der Waals surface area contributed by atoms with Crippen LogP contribution in [0.15, 0.2) is 34.9 Å². The molecule has 0 saturated carbocycles. The van der Waals surface area contributed by atoms with Crippen LogP contribution in [0.2, 0.25) is 0 Å². The lowest BCUT2D eigenvalue weighted by Gasteiger charge is -2.31. The average molecular weight is 407 g/mol. The number of para-hydroxylation sites is 1. The molecule has 2 unspecified atom stereocenters. The fraction of sp³-hybridized carbons (Fsp3) is 0.526. The minimum absolute atomic E-state index is 0. The summed E-state index contributed by atoms with van der Waals surface area (Å²) in [7, 11) is 2.08. The Morgan fingerprint density at radius 1 is 1.29 bits per heavy atom. The molecule has 1 aromatic heterocycles. The van der Waals surface area contributed by atoms with Crippen LogP contribution in [0.5, 0.6) is 0 Å². The standard InChI is InChI=1S/C19H26N6O2.ClH/c1-24-11-9-20-12-16(24)17-22-18(27-23-17)14-6-5-10-25(13-14)19(26)21-15-7-3-2-4-8-15;/h2-4,7-8,14,16,20H,5-6,9-13H2,1H3,(H,21,26);1H. The Kier molecular flexibility index (Phi) is 6.88. The molecule has 3 heterocycles. The number of hydrogen-bond donors (Lipinski definition) is 2. The quantitative estimate of drug-likeness (QED) is 0.814. The first kappa shape index (κ1) is 20.6. The minimum Gasteiger partial charge on any atom is -0.339 e. The number of piperazine rings is 1. The number of aromatic nitrogens is 2. The Morgan fingerprint density at radius 2 is 2.11 bits per heavy atom. The summed E-state index contributed by atoms with van der Waals surface area (Å²) in [5, 5.41) is 10.5. The summed E-state index contributed by atoms with van der Waals surface area (Å²) in [5.41, 5.74) is 0.803. The molecule has 2 saturated heterocycles. The van der Waals surface area contributed by atoms with Crippen LogP contribution in [0.3, 0.4) is 0 Å². The van der Waals surface area contributed by atoms with Crippen LogP contribution in [-0.4, -0.2) is 65.7 Å². The molecule has 2 atom stereocenters. The van der Waals surface area contributed by atoms with Crippen molar-refractivity contribution in [3.8, 4) is 0 Å². The highest BCUT2D eigenvalue weighted by molar-refractivity contribution is 5.89. The number of nitrogens with zero attached hydrogens (tertiary/aromatic N) is 4. The fourth-order valence-corrected chi connectivity index (χ4v) is 3.73. The van der Waals surface area contributed by atoms with E-state index in [0.29, 0.717) is 12.4 Å². The lowest BCUT2D eigenvalue weighted by Crippen LogP contribution is -2.44. The summed E-state index contributed by atoms with van der Waals surface area (Å²) in [4.78, 5) is 21.3. The molecule has 0 bridgehead atoms. The molecule has 0 spiro atoms. The van der Waals surface area contributed by atoms with Crippen LogP contribution in [0.25, 0.3) is 0 Å². The Balaban J connectivity index is 0.00000225. The van der Waals surface area contributed by atoms with Crippen molar-refractivity contribution < 1.29 is 9.32 Å². The summed E-state index contributed by atoms with van der Waals surface area (Å²) in [5.74, 6) is 1.45. The van der Waals surface area contributed by atoms with Crippen molar-refractivity contribution in [1.29, 1.82) is 0 Å². The number of piperidine rings is 1. The molecule has 2 aliphatic heterocycles. The molecule has 1 aromatic carbocycles. The van der Waals surface area contributed by atoms with Gasteiger partial charge in [0.25, 0.3) is 0 Å². The fourth-order valence-electron chi connectivity index (χ4n) is 3.73. The van der Waals surface area contributed by atoms with Gasteiger partial charge in [0, 0.05) is 38.4 Å². The lowest BCUT2D eigenvalue weighted by molar-refractivity contribution is 0.182. The molecule has 0 radical (unpaired) electrons. The summed E-state index contributed by atoms with van der Waals surface area (Å²) in [6, 6.07) is 9.58. The molecule has 0 aliphatic carbocycles. The molecule has 2 amide bonds. The smallest absolute Gasteiger partial charge is 0.321 e. The van der Waals surface area contributed by atoms with E-state index in [1.807, 2.05) is 35.2 Å². The van der Waals surface area contributed by atoms with Gasteiger partial charge in [-0.15, -0.1) is 12.4 Å². The van der Waals surface area contributed by atoms with Gasteiger partial charge in [0.2, 0.25) is 5.89 Å². The second kappa shape index (κ2) is 9.36. The lowest BCUT2D eigenvalue weighted by atomic mass is 9.98. The number of anilines is 1. The van der Waals surface area contributed by atoms with Crippen molar-refractivity contribution in [3.63, 3.8) is 0 Å². The Bertz CT molecular complexity index is 771. The van der Waals surface area contributed by atoms with Crippen molar-refractivity contribution in [3.05, 3.63) is 42.0 Å². The van der Waals surface area contributed by atoms with Crippen LogP contribution in [-0.2, 0) is 0 Å². The highest BCUT2D eigenvalue weighted by Crippen LogP contribution is 2.28. The zero-order valence-electron chi connectivity index (χ0n) is 16.0. The van der Waals surface area contributed by atoms with Gasteiger partial charge in [-0.1, -0.05) is 23.4 Å². The van der Waals surface area contributed by atoms with Gasteiger partial charge < -0.3 is 20.1 Å². The molecule has 28 heavy (non-hydrogen) atoms. The summed E-state index contributed by atoms with van der Waals surface area (Å²) in [6.07, 6.45) is 1.88. The van der Waals surface area contributed by atoms with E-state index in [1.165, 1.54) is 0 Å².